The molecule has 0 aliphatic carbocycles. The Morgan fingerprint density at radius 2 is 1.94 bits per heavy atom. The van der Waals surface area contributed by atoms with Crippen LogP contribution >= 0.6 is 11.6 Å². The number of rotatable bonds is 13. The van der Waals surface area contributed by atoms with Gasteiger partial charge in [-0.25, -0.2) is 18.1 Å². The number of carbonyl (C=O) groups excluding carboxylic acids is 1. The molecule has 0 saturated carbocycles. The third-order valence-corrected chi connectivity index (χ3v) is 6.18. The van der Waals surface area contributed by atoms with Crippen molar-refractivity contribution in [2.75, 3.05) is 26.1 Å². The molecule has 0 bridgehead atoms. The molecule has 2 rings (SSSR count). The van der Waals surface area contributed by atoms with Crippen LogP contribution in [0.3, 0.4) is 0 Å². The minimum absolute atomic E-state index is 0.0499. The number of carbonyl (C=O) groups is 1. The van der Waals surface area contributed by atoms with Crippen molar-refractivity contribution in [1.82, 2.24) is 9.71 Å². The van der Waals surface area contributed by atoms with Crippen LogP contribution in [0.1, 0.15) is 37.3 Å². The highest BCUT2D eigenvalue weighted by molar-refractivity contribution is 7.90. The van der Waals surface area contributed by atoms with Gasteiger partial charge in [0.25, 0.3) is 5.91 Å². The summed E-state index contributed by atoms with van der Waals surface area (Å²) < 4.78 is 80.8. The fourth-order valence-electron chi connectivity index (χ4n) is 2.78. The average Bonchev–Trinajstić information content (AvgIpc) is 2.79. The first-order chi connectivity index (χ1) is 16.9. The number of ether oxygens (including phenoxy) is 3. The monoisotopic (exact) mass is 550 g/mol. The van der Waals surface area contributed by atoms with E-state index >= 15 is 0 Å². The number of unbranched alkanes of at least 4 members (excludes halogenated alkanes) is 2. The number of pyridine rings is 1. The predicted molar refractivity (Wildman–Crippen MR) is 129 cm³/mol. The molecule has 0 spiro atoms. The SMILES string of the molecule is CCCCCS(=O)(=O)NC(=O)C=Cc1ccc(OCCOC)cc1Oc1ncc(C(F)(F)F)cc1Cl. The molecule has 0 aliphatic heterocycles. The van der Waals surface area contributed by atoms with Crippen molar-refractivity contribution in [3.8, 4) is 17.4 Å². The number of sulfonamides is 1. The van der Waals surface area contributed by atoms with Crippen molar-refractivity contribution >= 4 is 33.6 Å². The molecule has 2 aromatic rings. The number of benzene rings is 1. The third-order valence-electron chi connectivity index (χ3n) is 4.57. The maximum atomic E-state index is 12.9. The molecule has 1 N–H and O–H groups in total. The van der Waals surface area contributed by atoms with Crippen molar-refractivity contribution in [2.24, 2.45) is 0 Å². The van der Waals surface area contributed by atoms with E-state index in [0.717, 1.165) is 12.5 Å². The van der Waals surface area contributed by atoms with Gasteiger partial charge in [0.05, 0.1) is 17.9 Å². The standard InChI is InChI=1S/C23H26ClF3N2O6S/c1-3-4-5-12-36(31,32)29-21(30)9-7-16-6-8-18(34-11-10-33-2)14-20(16)35-22-19(24)13-17(15-28-22)23(25,26)27/h6-9,13-15H,3-5,10-12H2,1-2H3,(H,29,30). The van der Waals surface area contributed by atoms with Crippen LogP contribution < -0.4 is 14.2 Å². The van der Waals surface area contributed by atoms with E-state index < -0.39 is 27.7 Å². The number of hydrogen-bond acceptors (Lipinski definition) is 7. The van der Waals surface area contributed by atoms with E-state index in [9.17, 15) is 26.4 Å². The van der Waals surface area contributed by atoms with Gasteiger partial charge < -0.3 is 14.2 Å². The highest BCUT2D eigenvalue weighted by Crippen LogP contribution is 2.36. The fourth-order valence-corrected chi connectivity index (χ4v) is 4.04. The minimum Gasteiger partial charge on any atom is -0.491 e. The summed E-state index contributed by atoms with van der Waals surface area (Å²) in [5, 5.41) is -0.388. The van der Waals surface area contributed by atoms with E-state index in [1.807, 2.05) is 11.6 Å². The van der Waals surface area contributed by atoms with Crippen molar-refractivity contribution in [2.45, 2.75) is 32.4 Å². The number of nitrogens with zero attached hydrogens (tertiary/aromatic N) is 1. The number of amides is 1. The van der Waals surface area contributed by atoms with Crippen LogP contribution in [0, 0.1) is 0 Å². The Bertz CT molecular complexity index is 1170. The van der Waals surface area contributed by atoms with Gasteiger partial charge in [-0.3, -0.25) is 4.79 Å². The molecule has 13 heteroatoms. The lowest BCUT2D eigenvalue weighted by Crippen LogP contribution is -2.31. The quantitative estimate of drug-likeness (QED) is 0.269. The number of nitrogens with one attached hydrogen (secondary N) is 1. The lowest BCUT2D eigenvalue weighted by Gasteiger charge is -2.13. The molecular weight excluding hydrogens is 525 g/mol. The van der Waals surface area contributed by atoms with Gasteiger partial charge in [-0.05, 0) is 30.7 Å². The van der Waals surface area contributed by atoms with E-state index in [4.69, 9.17) is 25.8 Å². The molecule has 198 valence electrons. The summed E-state index contributed by atoms with van der Waals surface area (Å²) in [5.41, 5.74) is -0.765. The fraction of sp³-hybridized carbons (Fsp3) is 0.391. The van der Waals surface area contributed by atoms with E-state index in [1.54, 1.807) is 6.07 Å². The van der Waals surface area contributed by atoms with Crippen molar-refractivity contribution in [3.63, 3.8) is 0 Å². The largest absolute Gasteiger partial charge is 0.491 e. The molecule has 0 unspecified atom stereocenters. The maximum absolute atomic E-state index is 12.9. The van der Waals surface area contributed by atoms with Gasteiger partial charge >= 0.3 is 6.18 Å². The molecule has 0 atom stereocenters. The number of aromatic nitrogens is 1. The smallest absolute Gasteiger partial charge is 0.417 e. The molecule has 1 aromatic carbocycles. The molecule has 0 aliphatic rings. The zero-order valence-corrected chi connectivity index (χ0v) is 21.2. The Kier molecular flexibility index (Phi) is 11.0. The Morgan fingerprint density at radius 3 is 2.58 bits per heavy atom. The number of halogens is 4. The second-order valence-electron chi connectivity index (χ2n) is 7.48. The first-order valence-electron chi connectivity index (χ1n) is 10.8. The number of hydrogen-bond donors (Lipinski definition) is 1. The molecule has 36 heavy (non-hydrogen) atoms. The Balaban J connectivity index is 2.28. The van der Waals surface area contributed by atoms with Gasteiger partial charge in [0, 0.05) is 31.0 Å². The molecule has 1 heterocycles. The van der Waals surface area contributed by atoms with E-state index in [1.165, 1.54) is 25.3 Å². The van der Waals surface area contributed by atoms with Crippen molar-refractivity contribution in [3.05, 3.63) is 52.7 Å². The Hall–Kier alpha value is -2.83. The van der Waals surface area contributed by atoms with E-state index in [-0.39, 0.29) is 34.6 Å². The summed E-state index contributed by atoms with van der Waals surface area (Å²) >= 11 is 5.95. The zero-order valence-electron chi connectivity index (χ0n) is 19.6. The Labute approximate surface area is 212 Å². The summed E-state index contributed by atoms with van der Waals surface area (Å²) in [6.07, 6.45) is 0.178. The Morgan fingerprint density at radius 1 is 1.19 bits per heavy atom. The topological polar surface area (TPSA) is 104 Å². The van der Waals surface area contributed by atoms with Gasteiger partial charge in [0.2, 0.25) is 15.9 Å². The minimum atomic E-state index is -4.64. The molecule has 1 amide bonds. The zero-order chi connectivity index (χ0) is 26.8. The molecule has 0 radical (unpaired) electrons. The number of methoxy groups -OCH3 is 1. The van der Waals surface area contributed by atoms with Gasteiger partial charge in [-0.2, -0.15) is 13.2 Å². The van der Waals surface area contributed by atoms with Crippen LogP contribution in [-0.4, -0.2) is 45.4 Å². The van der Waals surface area contributed by atoms with Gasteiger partial charge in [0.1, 0.15) is 23.1 Å². The second-order valence-corrected chi connectivity index (χ2v) is 9.73. The summed E-state index contributed by atoms with van der Waals surface area (Å²) in [6.45, 7) is 2.44. The van der Waals surface area contributed by atoms with Crippen molar-refractivity contribution in [1.29, 1.82) is 0 Å². The van der Waals surface area contributed by atoms with E-state index in [2.05, 4.69) is 4.98 Å². The molecule has 1 aromatic heterocycles. The van der Waals surface area contributed by atoms with Gasteiger partial charge in [-0.1, -0.05) is 31.4 Å². The van der Waals surface area contributed by atoms with Crippen LogP contribution in [0.25, 0.3) is 6.08 Å². The van der Waals surface area contributed by atoms with Crippen LogP contribution in [0.2, 0.25) is 5.02 Å². The van der Waals surface area contributed by atoms with Crippen LogP contribution in [-0.2, 0) is 25.7 Å². The first-order valence-corrected chi connectivity index (χ1v) is 12.9. The van der Waals surface area contributed by atoms with Crippen LogP contribution in [0.15, 0.2) is 36.5 Å². The lowest BCUT2D eigenvalue weighted by molar-refractivity contribution is -0.137. The molecule has 0 fully saturated rings. The van der Waals surface area contributed by atoms with Crippen LogP contribution in [0.5, 0.6) is 17.4 Å². The summed E-state index contributed by atoms with van der Waals surface area (Å²) in [7, 11) is -2.29. The summed E-state index contributed by atoms with van der Waals surface area (Å²) in [6, 6.07) is 5.16. The summed E-state index contributed by atoms with van der Waals surface area (Å²) in [5.74, 6) is -0.973. The molecule has 0 saturated heterocycles. The van der Waals surface area contributed by atoms with Crippen molar-refractivity contribution < 1.29 is 40.6 Å². The highest BCUT2D eigenvalue weighted by Gasteiger charge is 2.32. The normalized spacial score (nSPS) is 12.1. The average molecular weight is 551 g/mol. The summed E-state index contributed by atoms with van der Waals surface area (Å²) in [4.78, 5) is 15.8. The lowest BCUT2D eigenvalue weighted by atomic mass is 10.1. The highest BCUT2D eigenvalue weighted by atomic mass is 35.5. The third kappa shape index (κ3) is 9.67. The van der Waals surface area contributed by atoms with Gasteiger partial charge in [-0.15, -0.1) is 0 Å². The van der Waals surface area contributed by atoms with Gasteiger partial charge in [0.15, 0.2) is 0 Å². The molecular formula is C23H26ClF3N2O6S. The maximum Gasteiger partial charge on any atom is 0.417 e. The predicted octanol–water partition coefficient (Wildman–Crippen LogP) is 5.22. The first kappa shape index (κ1) is 29.4. The van der Waals surface area contributed by atoms with E-state index in [0.29, 0.717) is 37.5 Å². The molecule has 8 nitrogen and oxygen atoms in total. The second kappa shape index (κ2) is 13.5. The van der Waals surface area contributed by atoms with Crippen LogP contribution in [0.4, 0.5) is 13.2 Å². The number of alkyl halides is 3.